The van der Waals surface area contributed by atoms with Crippen molar-refractivity contribution in [3.05, 3.63) is 22.1 Å². The topological polar surface area (TPSA) is 25.8 Å². The van der Waals surface area contributed by atoms with Crippen molar-refractivity contribution in [1.29, 1.82) is 0 Å². The van der Waals surface area contributed by atoms with Crippen molar-refractivity contribution < 1.29 is 95.6 Å². The van der Waals surface area contributed by atoms with Gasteiger partial charge in [0.25, 0.3) is 0 Å². The maximum absolute atomic E-state index is 10.7. The molecule has 0 aliphatic carbocycles. The fraction of sp³-hybridized carbons (Fsp3) is 0.571. The van der Waals surface area contributed by atoms with Crippen LogP contribution in [0.15, 0.2) is 10.8 Å². The number of nitrogens with zero attached hydrogens (tertiary/aromatic N) is 2. The first-order valence-corrected chi connectivity index (χ1v) is 17.6. The van der Waals surface area contributed by atoms with Gasteiger partial charge in [-0.3, -0.25) is 0 Å². The molecule has 0 bridgehead atoms. The summed E-state index contributed by atoms with van der Waals surface area (Å²) >= 11 is 3.45. The van der Waals surface area contributed by atoms with Gasteiger partial charge < -0.3 is 0 Å². The largest absolute Gasteiger partial charge is 3.00 e. The maximum Gasteiger partial charge on any atom is 3.00 e. The van der Waals surface area contributed by atoms with Crippen LogP contribution in [0.5, 0.6) is 0 Å². The van der Waals surface area contributed by atoms with Gasteiger partial charge in [-0.15, -0.1) is 22.7 Å². The summed E-state index contributed by atoms with van der Waals surface area (Å²) in [6.45, 7) is 4.43. The molecule has 2 aromatic rings. The van der Waals surface area contributed by atoms with Crippen molar-refractivity contribution in [2.24, 2.45) is 0 Å². The van der Waals surface area contributed by atoms with Gasteiger partial charge in [0.05, 0.1) is 11.4 Å². The number of thiazole rings is 2. The van der Waals surface area contributed by atoms with Gasteiger partial charge in [0.15, 0.2) is 10.0 Å². The summed E-state index contributed by atoms with van der Waals surface area (Å²) in [7, 11) is -32.0. The molecule has 0 aliphatic rings. The molecule has 0 spiro atoms. The molecule has 248 valence electrons. The van der Waals surface area contributed by atoms with Crippen molar-refractivity contribution in [3.8, 4) is 10.0 Å². The minimum absolute atomic E-state index is 0. The predicted octanol–water partition coefficient (Wildman–Crippen LogP) is 15.1. The molecule has 0 amide bonds. The van der Waals surface area contributed by atoms with Crippen LogP contribution in [0.25, 0.3) is 10.0 Å². The zero-order valence-corrected chi connectivity index (χ0v) is 26.3. The standard InChI is InChI=1S/C14H20N2S2.3F6P.Ir/c1-3-5-7-11-9-17-13(15-11)14-16-12(10-18-14)8-6-4-2;3*1-7(2,3,4,5)6;/h9-10H,3-8H2,1-2H3;;;;/q;3*-1;+3. The minimum Gasteiger partial charge on any atom is 3.00 e. The third-order valence-electron chi connectivity index (χ3n) is 2.86. The van der Waals surface area contributed by atoms with E-state index in [4.69, 9.17) is 0 Å². The second kappa shape index (κ2) is 11.8. The number of halogens is 18. The molecule has 0 N–H and O–H groups in total. The van der Waals surface area contributed by atoms with Crippen molar-refractivity contribution in [2.45, 2.75) is 52.4 Å². The summed E-state index contributed by atoms with van der Waals surface area (Å²) in [5.74, 6) is 0. The Labute approximate surface area is 236 Å². The zero-order chi connectivity index (χ0) is 32.0. The molecule has 0 radical (unpaired) electrons. The first-order chi connectivity index (χ1) is 16.2. The molecule has 0 atom stereocenters. The molecular formula is C14H20F18IrN2P3S2. The number of rotatable bonds is 7. The van der Waals surface area contributed by atoms with Crippen molar-refractivity contribution in [3.63, 3.8) is 0 Å². The molecular weight excluding hydrogens is 887 g/mol. The van der Waals surface area contributed by atoms with Gasteiger partial charge in [0, 0.05) is 10.8 Å². The summed E-state index contributed by atoms with van der Waals surface area (Å²) < 4.78 is 178. The van der Waals surface area contributed by atoms with Crippen LogP contribution < -0.4 is 0 Å². The Morgan fingerprint density at radius 2 is 0.700 bits per heavy atom. The number of unbranched alkanes of at least 4 members (excludes halogenated alkanes) is 2. The summed E-state index contributed by atoms with van der Waals surface area (Å²) in [6.07, 6.45) is 7.10. The van der Waals surface area contributed by atoms with E-state index in [1.165, 1.54) is 37.1 Å². The summed E-state index contributed by atoms with van der Waals surface area (Å²) in [5.41, 5.74) is 2.45. The van der Waals surface area contributed by atoms with Crippen LogP contribution >= 0.6 is 46.1 Å². The van der Waals surface area contributed by atoms with E-state index in [0.717, 1.165) is 22.9 Å². The zero-order valence-electron chi connectivity index (χ0n) is 19.6. The van der Waals surface area contributed by atoms with Gasteiger partial charge >= 0.3 is 119 Å². The second-order valence-corrected chi connectivity index (χ2v) is 14.8. The quantitative estimate of drug-likeness (QED) is 0.204. The number of hydrogen-bond donors (Lipinski definition) is 0. The van der Waals surface area contributed by atoms with Gasteiger partial charge in [-0.25, -0.2) is 9.97 Å². The van der Waals surface area contributed by atoms with Gasteiger partial charge in [-0.1, -0.05) is 26.7 Å². The minimum atomic E-state index is -10.7. The van der Waals surface area contributed by atoms with E-state index in [9.17, 15) is 75.5 Å². The Hall–Kier alpha value is -0.0606. The van der Waals surface area contributed by atoms with Crippen LogP contribution in [0.1, 0.15) is 50.9 Å². The molecule has 0 saturated carbocycles. The van der Waals surface area contributed by atoms with Gasteiger partial charge in [0.1, 0.15) is 0 Å². The van der Waals surface area contributed by atoms with Crippen LogP contribution in [0.2, 0.25) is 0 Å². The van der Waals surface area contributed by atoms with Crippen LogP contribution in [-0.2, 0) is 32.9 Å². The number of aryl methyl sites for hydroxylation is 2. The molecule has 2 nitrogen and oxygen atoms in total. The van der Waals surface area contributed by atoms with Crippen molar-refractivity contribution in [2.75, 3.05) is 0 Å². The van der Waals surface area contributed by atoms with Crippen molar-refractivity contribution in [1.82, 2.24) is 9.97 Å². The van der Waals surface area contributed by atoms with Crippen LogP contribution in [0, 0.1) is 0 Å². The summed E-state index contributed by atoms with van der Waals surface area (Å²) in [6, 6.07) is 0. The Morgan fingerprint density at radius 1 is 0.500 bits per heavy atom. The Kier molecular flexibility index (Phi) is 13.1. The fourth-order valence-electron chi connectivity index (χ4n) is 1.76. The van der Waals surface area contributed by atoms with E-state index in [1.54, 1.807) is 22.7 Å². The van der Waals surface area contributed by atoms with Crippen LogP contribution in [0.3, 0.4) is 0 Å². The third-order valence-corrected chi connectivity index (χ3v) is 4.78. The Morgan fingerprint density at radius 3 is 0.875 bits per heavy atom. The first kappa shape index (κ1) is 44.4. The average Bonchev–Trinajstić information content (AvgIpc) is 3.18. The SMILES string of the molecule is CCCCc1csc(-c2nc(CCCC)cs2)n1.F[P-](F)(F)(F)(F)F.F[P-](F)(F)(F)(F)F.F[P-](F)(F)(F)(F)F.[Ir+3]. The monoisotopic (exact) mass is 908 g/mol. The Balaban J connectivity index is -0.000000521. The van der Waals surface area contributed by atoms with Crippen LogP contribution in [0.4, 0.5) is 75.5 Å². The Bertz CT molecular complexity index is 913. The number of hydrogen-bond acceptors (Lipinski definition) is 4. The van der Waals surface area contributed by atoms with E-state index < -0.39 is 23.4 Å². The molecule has 40 heavy (non-hydrogen) atoms. The predicted molar refractivity (Wildman–Crippen MR) is 121 cm³/mol. The first-order valence-electron chi connectivity index (χ1n) is 9.77. The average molecular weight is 908 g/mol. The molecule has 0 aromatic carbocycles. The van der Waals surface area contributed by atoms with E-state index in [0.29, 0.717) is 0 Å². The molecule has 0 fully saturated rings. The molecule has 2 heterocycles. The van der Waals surface area contributed by atoms with E-state index >= 15 is 0 Å². The molecule has 2 rings (SSSR count). The summed E-state index contributed by atoms with van der Waals surface area (Å²) in [4.78, 5) is 9.36. The molecule has 2 aromatic heterocycles. The van der Waals surface area contributed by atoms with E-state index in [2.05, 4.69) is 34.6 Å². The van der Waals surface area contributed by atoms with E-state index in [-0.39, 0.29) is 20.1 Å². The smallest absolute Gasteiger partial charge is 3.00 e. The maximum atomic E-state index is 9.87. The van der Waals surface area contributed by atoms with Crippen LogP contribution in [-0.4, -0.2) is 9.97 Å². The van der Waals surface area contributed by atoms with Gasteiger partial charge in [0.2, 0.25) is 0 Å². The molecule has 0 aliphatic heterocycles. The van der Waals surface area contributed by atoms with Gasteiger partial charge in [-0.2, -0.15) is 0 Å². The summed E-state index contributed by atoms with van der Waals surface area (Å²) in [5, 5.41) is 6.54. The molecule has 26 heteroatoms. The second-order valence-electron chi connectivity index (χ2n) is 7.37. The van der Waals surface area contributed by atoms with Gasteiger partial charge in [-0.05, 0) is 25.7 Å². The molecule has 0 saturated heterocycles. The van der Waals surface area contributed by atoms with E-state index in [1.807, 2.05) is 0 Å². The molecule has 0 unspecified atom stereocenters. The number of aromatic nitrogens is 2. The third kappa shape index (κ3) is 57.8. The van der Waals surface area contributed by atoms with Crippen molar-refractivity contribution >= 4 is 46.1 Å². The fourth-order valence-corrected chi connectivity index (χ4v) is 3.51. The normalized spacial score (nSPS) is 17.1.